The monoisotopic (exact) mass is 329 g/mol. The van der Waals surface area contributed by atoms with Crippen LogP contribution in [0.1, 0.15) is 25.6 Å². The minimum absolute atomic E-state index is 0.0556. The number of aryl methyl sites for hydroxylation is 1. The van der Waals surface area contributed by atoms with Gasteiger partial charge in [0, 0.05) is 28.3 Å². The minimum atomic E-state index is -0.0556. The number of aromatic amines is 1. The molecule has 0 atom stereocenters. The first kappa shape index (κ1) is 15.6. The van der Waals surface area contributed by atoms with Gasteiger partial charge in [-0.05, 0) is 45.0 Å². The van der Waals surface area contributed by atoms with E-state index in [1.54, 1.807) is 6.33 Å². The van der Waals surface area contributed by atoms with E-state index in [0.717, 1.165) is 27.4 Å². The highest BCUT2D eigenvalue weighted by Gasteiger charge is 2.11. The summed E-state index contributed by atoms with van der Waals surface area (Å²) < 4.78 is 1.95. The number of H-pyrrole nitrogens is 1. The van der Waals surface area contributed by atoms with E-state index in [-0.39, 0.29) is 11.9 Å². The van der Waals surface area contributed by atoms with Crippen LogP contribution in [0.5, 0.6) is 0 Å². The molecule has 6 nitrogen and oxygen atoms in total. The van der Waals surface area contributed by atoms with E-state index < -0.39 is 0 Å². The first-order chi connectivity index (χ1) is 11.0. The van der Waals surface area contributed by atoms with Crippen LogP contribution in [-0.2, 0) is 4.79 Å². The van der Waals surface area contributed by atoms with Crippen molar-refractivity contribution < 1.29 is 4.79 Å². The van der Waals surface area contributed by atoms with E-state index in [4.69, 9.17) is 0 Å². The standard InChI is InChI=1S/C16H19N5OS/c1-10(2)21-9-17-20-16(21)23-8-15(22)19-13-4-5-14-12(7-13)6-11(3)18-14/h4-7,9-10,18H,8H2,1-3H3,(H,19,22). The molecule has 7 heteroatoms. The van der Waals surface area contributed by atoms with E-state index >= 15 is 0 Å². The quantitative estimate of drug-likeness (QED) is 0.704. The van der Waals surface area contributed by atoms with Crippen molar-refractivity contribution in [3.8, 4) is 0 Å². The molecule has 120 valence electrons. The Bertz CT molecular complexity index is 836. The largest absolute Gasteiger partial charge is 0.359 e. The molecule has 0 saturated carbocycles. The zero-order valence-electron chi connectivity index (χ0n) is 13.3. The maximum absolute atomic E-state index is 12.1. The molecule has 3 rings (SSSR count). The topological polar surface area (TPSA) is 75.6 Å². The Morgan fingerprint density at radius 3 is 3.00 bits per heavy atom. The van der Waals surface area contributed by atoms with Gasteiger partial charge in [-0.15, -0.1) is 10.2 Å². The second kappa shape index (κ2) is 6.45. The van der Waals surface area contributed by atoms with Crippen molar-refractivity contribution in [3.63, 3.8) is 0 Å². The highest BCUT2D eigenvalue weighted by molar-refractivity contribution is 7.99. The van der Waals surface area contributed by atoms with Crippen LogP contribution in [0, 0.1) is 6.92 Å². The number of anilines is 1. The van der Waals surface area contributed by atoms with Crippen LogP contribution in [-0.4, -0.2) is 31.4 Å². The van der Waals surface area contributed by atoms with Gasteiger partial charge in [-0.3, -0.25) is 4.79 Å². The van der Waals surface area contributed by atoms with Gasteiger partial charge in [0.2, 0.25) is 5.91 Å². The number of nitrogens with one attached hydrogen (secondary N) is 2. The molecule has 0 aliphatic carbocycles. The van der Waals surface area contributed by atoms with Crippen LogP contribution in [0.3, 0.4) is 0 Å². The molecule has 0 saturated heterocycles. The summed E-state index contributed by atoms with van der Waals surface area (Å²) in [7, 11) is 0. The zero-order valence-corrected chi connectivity index (χ0v) is 14.1. The molecule has 0 unspecified atom stereocenters. The van der Waals surface area contributed by atoms with Crippen LogP contribution in [0.2, 0.25) is 0 Å². The predicted octanol–water partition coefficient (Wildman–Crippen LogP) is 3.38. The highest BCUT2D eigenvalue weighted by Crippen LogP contribution is 2.21. The summed E-state index contributed by atoms with van der Waals surface area (Å²) >= 11 is 1.39. The molecule has 0 fully saturated rings. The van der Waals surface area contributed by atoms with Gasteiger partial charge in [-0.25, -0.2) is 0 Å². The Balaban J connectivity index is 1.63. The summed E-state index contributed by atoms with van der Waals surface area (Å²) in [6, 6.07) is 8.18. The number of aromatic nitrogens is 4. The lowest BCUT2D eigenvalue weighted by atomic mass is 10.2. The minimum Gasteiger partial charge on any atom is -0.359 e. The summed E-state index contributed by atoms with van der Waals surface area (Å²) in [5.41, 5.74) is 2.97. The third-order valence-electron chi connectivity index (χ3n) is 3.47. The number of rotatable bonds is 5. The molecule has 23 heavy (non-hydrogen) atoms. The first-order valence-electron chi connectivity index (χ1n) is 7.44. The average molecular weight is 329 g/mol. The Morgan fingerprint density at radius 1 is 1.39 bits per heavy atom. The average Bonchev–Trinajstić information content (AvgIpc) is 3.09. The van der Waals surface area contributed by atoms with E-state index in [2.05, 4.69) is 40.4 Å². The van der Waals surface area contributed by atoms with Gasteiger partial charge in [-0.2, -0.15) is 0 Å². The Kier molecular flexibility index (Phi) is 4.38. The van der Waals surface area contributed by atoms with E-state index in [0.29, 0.717) is 5.75 Å². The Morgan fingerprint density at radius 2 is 2.22 bits per heavy atom. The molecular formula is C16H19N5OS. The lowest BCUT2D eigenvalue weighted by Gasteiger charge is -2.09. The van der Waals surface area contributed by atoms with Crippen LogP contribution < -0.4 is 5.32 Å². The van der Waals surface area contributed by atoms with Crippen molar-refractivity contribution in [2.24, 2.45) is 0 Å². The van der Waals surface area contributed by atoms with Crippen molar-refractivity contribution in [1.29, 1.82) is 0 Å². The number of amides is 1. The predicted molar refractivity (Wildman–Crippen MR) is 92.8 cm³/mol. The van der Waals surface area contributed by atoms with E-state index in [1.165, 1.54) is 11.8 Å². The molecule has 1 aromatic carbocycles. The number of thioether (sulfide) groups is 1. The van der Waals surface area contributed by atoms with Gasteiger partial charge < -0.3 is 14.9 Å². The summed E-state index contributed by atoms with van der Waals surface area (Å²) in [5.74, 6) is 0.246. The molecule has 0 aliphatic rings. The fraction of sp³-hybridized carbons (Fsp3) is 0.312. The third kappa shape index (κ3) is 3.56. The van der Waals surface area contributed by atoms with Crippen LogP contribution >= 0.6 is 11.8 Å². The van der Waals surface area contributed by atoms with Gasteiger partial charge in [0.15, 0.2) is 5.16 Å². The molecule has 0 bridgehead atoms. The molecule has 0 aliphatic heterocycles. The van der Waals surface area contributed by atoms with Gasteiger partial charge >= 0.3 is 0 Å². The van der Waals surface area contributed by atoms with Gasteiger partial charge in [0.25, 0.3) is 0 Å². The van der Waals surface area contributed by atoms with E-state index in [1.807, 2.05) is 29.7 Å². The number of fused-ring (bicyclic) bond motifs is 1. The molecular weight excluding hydrogens is 310 g/mol. The van der Waals surface area contributed by atoms with Crippen molar-refractivity contribution in [2.75, 3.05) is 11.1 Å². The van der Waals surface area contributed by atoms with Crippen LogP contribution in [0.4, 0.5) is 5.69 Å². The smallest absolute Gasteiger partial charge is 0.234 e. The lowest BCUT2D eigenvalue weighted by Crippen LogP contribution is -2.14. The van der Waals surface area contributed by atoms with Crippen molar-refractivity contribution in [3.05, 3.63) is 36.3 Å². The van der Waals surface area contributed by atoms with Gasteiger partial charge in [-0.1, -0.05) is 11.8 Å². The summed E-state index contributed by atoms with van der Waals surface area (Å²) in [4.78, 5) is 15.4. The first-order valence-corrected chi connectivity index (χ1v) is 8.43. The van der Waals surface area contributed by atoms with Crippen LogP contribution in [0.15, 0.2) is 35.7 Å². The highest BCUT2D eigenvalue weighted by atomic mass is 32.2. The molecule has 3 aromatic rings. The fourth-order valence-electron chi connectivity index (χ4n) is 2.37. The van der Waals surface area contributed by atoms with Crippen molar-refractivity contribution in [2.45, 2.75) is 32.0 Å². The fourth-order valence-corrected chi connectivity index (χ4v) is 3.22. The van der Waals surface area contributed by atoms with Crippen molar-refractivity contribution in [1.82, 2.24) is 19.7 Å². The van der Waals surface area contributed by atoms with Gasteiger partial charge in [0.05, 0.1) is 5.75 Å². The third-order valence-corrected chi connectivity index (χ3v) is 4.43. The molecule has 1 amide bonds. The second-order valence-corrected chi connectivity index (χ2v) is 6.65. The SMILES string of the molecule is Cc1cc2cc(NC(=O)CSc3nncn3C(C)C)ccc2[nH]1. The molecule has 2 aromatic heterocycles. The number of nitrogens with zero attached hydrogens (tertiary/aromatic N) is 3. The molecule has 0 spiro atoms. The number of carbonyl (C=O) groups is 1. The maximum Gasteiger partial charge on any atom is 0.234 e. The summed E-state index contributed by atoms with van der Waals surface area (Å²) in [6.07, 6.45) is 1.69. The number of benzene rings is 1. The van der Waals surface area contributed by atoms with Crippen molar-refractivity contribution >= 4 is 34.3 Å². The lowest BCUT2D eigenvalue weighted by molar-refractivity contribution is -0.113. The number of hydrogen-bond donors (Lipinski definition) is 2. The van der Waals surface area contributed by atoms with E-state index in [9.17, 15) is 4.79 Å². The van der Waals surface area contributed by atoms with Gasteiger partial charge in [0.1, 0.15) is 6.33 Å². The summed E-state index contributed by atoms with van der Waals surface area (Å²) in [5, 5.41) is 12.7. The Hall–Kier alpha value is -2.28. The molecule has 2 N–H and O–H groups in total. The summed E-state index contributed by atoms with van der Waals surface area (Å²) in [6.45, 7) is 6.13. The normalized spacial score (nSPS) is 11.3. The maximum atomic E-state index is 12.1. The zero-order chi connectivity index (χ0) is 16.4. The molecule has 2 heterocycles. The number of hydrogen-bond acceptors (Lipinski definition) is 4. The second-order valence-electron chi connectivity index (χ2n) is 5.71. The molecule has 0 radical (unpaired) electrons. The van der Waals surface area contributed by atoms with Crippen LogP contribution in [0.25, 0.3) is 10.9 Å². The Labute approximate surface area is 138 Å². The number of carbonyl (C=O) groups excluding carboxylic acids is 1.